The van der Waals surface area contributed by atoms with E-state index in [1.807, 2.05) is 84.0 Å². The van der Waals surface area contributed by atoms with Gasteiger partial charge in [-0.3, -0.25) is 9.69 Å². The SMILES string of the molecule is Cc1cc(C)nc(NCCn2c(CN3CCC(c4cccc(OCc5ccc(C#N)cc5F)n4)CC3)nc3ccc(C(=O)NC(C)(C)COC(C)(C)CN)cc32)n1. The second-order valence-electron chi connectivity index (χ2n) is 16.0. The molecule has 4 N–H and O–H groups in total. The Morgan fingerprint density at radius 3 is 2.46 bits per heavy atom. The van der Waals surface area contributed by atoms with E-state index in [0.717, 1.165) is 59.9 Å². The number of likely N-dealkylation sites (tertiary alicyclic amines) is 1. The number of amides is 1. The molecule has 1 saturated heterocycles. The minimum atomic E-state index is -0.624. The zero-order valence-corrected chi connectivity index (χ0v) is 33.7. The maximum absolute atomic E-state index is 14.4. The van der Waals surface area contributed by atoms with Crippen LogP contribution >= 0.6 is 0 Å². The lowest BCUT2D eigenvalue weighted by molar-refractivity contribution is -0.0350. The van der Waals surface area contributed by atoms with Crippen LogP contribution in [0.5, 0.6) is 5.88 Å². The van der Waals surface area contributed by atoms with Crippen LogP contribution in [0, 0.1) is 31.0 Å². The molecule has 0 aliphatic carbocycles. The minimum absolute atomic E-state index is 0.0213. The van der Waals surface area contributed by atoms with Gasteiger partial charge in [-0.15, -0.1) is 0 Å². The van der Waals surface area contributed by atoms with E-state index in [2.05, 4.69) is 30.1 Å². The van der Waals surface area contributed by atoms with Crippen molar-refractivity contribution >= 4 is 22.9 Å². The molecule has 3 aromatic heterocycles. The molecule has 0 saturated carbocycles. The molecule has 4 heterocycles. The monoisotopic (exact) mass is 776 g/mol. The molecule has 0 bridgehead atoms. The first-order valence-corrected chi connectivity index (χ1v) is 19.4. The lowest BCUT2D eigenvalue weighted by Gasteiger charge is -2.32. The third kappa shape index (κ3) is 10.9. The fraction of sp³-hybridized carbons (Fsp3) is 0.442. The summed E-state index contributed by atoms with van der Waals surface area (Å²) in [6, 6.07) is 19.6. The van der Waals surface area contributed by atoms with E-state index >= 15 is 0 Å². The molecule has 13 nitrogen and oxygen atoms in total. The molecule has 5 aromatic rings. The van der Waals surface area contributed by atoms with E-state index in [1.165, 1.54) is 6.07 Å². The van der Waals surface area contributed by atoms with Crippen molar-refractivity contribution in [2.75, 3.05) is 38.1 Å². The third-order valence-corrected chi connectivity index (χ3v) is 10.1. The van der Waals surface area contributed by atoms with Crippen LogP contribution in [-0.4, -0.2) is 79.2 Å². The van der Waals surface area contributed by atoms with Crippen molar-refractivity contribution < 1.29 is 18.7 Å². The van der Waals surface area contributed by atoms with Gasteiger partial charge in [-0.2, -0.15) is 5.26 Å². The average Bonchev–Trinajstić information content (AvgIpc) is 3.52. The number of carbonyl (C=O) groups excluding carboxylic acids is 1. The smallest absolute Gasteiger partial charge is 0.251 e. The normalized spacial score (nSPS) is 14.1. The first-order chi connectivity index (χ1) is 27.2. The molecule has 0 atom stereocenters. The quantitative estimate of drug-likeness (QED) is 0.105. The number of halogens is 1. The summed E-state index contributed by atoms with van der Waals surface area (Å²) in [4.78, 5) is 35.0. The third-order valence-electron chi connectivity index (χ3n) is 10.1. The Morgan fingerprint density at radius 2 is 1.75 bits per heavy atom. The number of piperidine rings is 1. The zero-order valence-electron chi connectivity index (χ0n) is 33.7. The van der Waals surface area contributed by atoms with Gasteiger partial charge in [-0.05, 0) is 110 Å². The van der Waals surface area contributed by atoms with Crippen LogP contribution in [0.25, 0.3) is 11.0 Å². The van der Waals surface area contributed by atoms with Gasteiger partial charge in [0, 0.05) is 59.8 Å². The Balaban J connectivity index is 1.14. The van der Waals surface area contributed by atoms with Crippen LogP contribution in [0.1, 0.15) is 90.8 Å². The van der Waals surface area contributed by atoms with E-state index in [0.29, 0.717) is 55.7 Å². The fourth-order valence-electron chi connectivity index (χ4n) is 6.83. The number of imidazole rings is 1. The number of carbonyl (C=O) groups is 1. The first-order valence-electron chi connectivity index (χ1n) is 19.4. The van der Waals surface area contributed by atoms with Crippen LogP contribution in [0.15, 0.2) is 60.7 Å². The van der Waals surface area contributed by atoms with Gasteiger partial charge in [0.1, 0.15) is 18.2 Å². The summed E-state index contributed by atoms with van der Waals surface area (Å²) in [6.45, 7) is 15.8. The van der Waals surface area contributed by atoms with Gasteiger partial charge in [0.05, 0.1) is 47.0 Å². The van der Waals surface area contributed by atoms with Crippen molar-refractivity contribution in [1.29, 1.82) is 5.26 Å². The summed E-state index contributed by atoms with van der Waals surface area (Å²) in [5.74, 6) is 1.50. The van der Waals surface area contributed by atoms with E-state index in [9.17, 15) is 9.18 Å². The molecule has 1 fully saturated rings. The number of hydrogen-bond donors (Lipinski definition) is 3. The number of fused-ring (bicyclic) bond motifs is 1. The maximum Gasteiger partial charge on any atom is 0.251 e. The minimum Gasteiger partial charge on any atom is -0.473 e. The highest BCUT2D eigenvalue weighted by Gasteiger charge is 2.27. The number of anilines is 1. The first kappa shape index (κ1) is 41.2. The molecule has 1 amide bonds. The highest BCUT2D eigenvalue weighted by molar-refractivity contribution is 5.97. The van der Waals surface area contributed by atoms with E-state index in [-0.39, 0.29) is 24.0 Å². The van der Waals surface area contributed by atoms with Crippen LogP contribution in [0.3, 0.4) is 0 Å². The maximum atomic E-state index is 14.4. The number of ether oxygens (including phenoxy) is 2. The second-order valence-corrected chi connectivity index (χ2v) is 16.0. The number of nitriles is 1. The highest BCUT2D eigenvalue weighted by Crippen LogP contribution is 2.30. The fourth-order valence-corrected chi connectivity index (χ4v) is 6.83. The molecule has 0 radical (unpaired) electrons. The van der Waals surface area contributed by atoms with Gasteiger partial charge in [0.15, 0.2) is 0 Å². The summed E-state index contributed by atoms with van der Waals surface area (Å²) in [6.07, 6.45) is 1.80. The molecule has 0 spiro atoms. The number of aromatic nitrogens is 5. The highest BCUT2D eigenvalue weighted by atomic mass is 19.1. The summed E-state index contributed by atoms with van der Waals surface area (Å²) >= 11 is 0. The molecule has 1 aliphatic heterocycles. The summed E-state index contributed by atoms with van der Waals surface area (Å²) < 4.78 is 28.5. The summed E-state index contributed by atoms with van der Waals surface area (Å²) in [5, 5.41) is 15.5. The largest absolute Gasteiger partial charge is 0.473 e. The van der Waals surface area contributed by atoms with Gasteiger partial charge < -0.3 is 30.4 Å². The van der Waals surface area contributed by atoms with Gasteiger partial charge >= 0.3 is 0 Å². The van der Waals surface area contributed by atoms with Gasteiger partial charge in [-0.1, -0.05) is 12.1 Å². The molecule has 6 rings (SSSR count). The topological polar surface area (TPSA) is 169 Å². The van der Waals surface area contributed by atoms with Gasteiger partial charge in [0.25, 0.3) is 5.91 Å². The Bertz CT molecular complexity index is 2220. The van der Waals surface area contributed by atoms with Crippen molar-refractivity contribution in [2.24, 2.45) is 5.73 Å². The molecule has 2 aromatic carbocycles. The van der Waals surface area contributed by atoms with E-state index in [4.69, 9.17) is 30.4 Å². The molecule has 1 aliphatic rings. The number of hydrogen-bond acceptors (Lipinski definition) is 11. The van der Waals surface area contributed by atoms with Crippen LogP contribution in [0.2, 0.25) is 0 Å². The van der Waals surface area contributed by atoms with Gasteiger partial charge in [-0.25, -0.2) is 24.3 Å². The van der Waals surface area contributed by atoms with Gasteiger partial charge in [0.2, 0.25) is 11.8 Å². The van der Waals surface area contributed by atoms with Crippen molar-refractivity contribution in [2.45, 2.75) is 91.1 Å². The van der Waals surface area contributed by atoms with Crippen LogP contribution in [-0.2, 0) is 24.4 Å². The summed E-state index contributed by atoms with van der Waals surface area (Å²) in [5.41, 5.74) is 10.3. The van der Waals surface area contributed by atoms with Crippen LogP contribution in [0.4, 0.5) is 10.3 Å². The molecular weight excluding hydrogens is 724 g/mol. The number of nitrogens with two attached hydrogens (primary N) is 1. The number of aryl methyl sites for hydroxylation is 2. The van der Waals surface area contributed by atoms with Crippen LogP contribution < -0.4 is 21.1 Å². The zero-order chi connectivity index (χ0) is 40.7. The molecule has 57 heavy (non-hydrogen) atoms. The molecule has 0 unspecified atom stereocenters. The van der Waals surface area contributed by atoms with Crippen molar-refractivity contribution in [3.05, 3.63) is 106 Å². The standard InChI is InChI=1S/C43H53FN10O3/c1-28-20-29(2)49-41(48-28)47-16-19-54-37-22-32(40(55)52-42(3,4)27-57-43(5,6)26-46)12-13-36(37)50-38(54)24-53-17-14-31(15-18-53)35-8-7-9-39(51-35)56-25-33-11-10-30(23-45)21-34(33)44/h7-13,20-22,31H,14-19,24-27,46H2,1-6H3,(H,52,55)(H,47,48,49). The molecule has 14 heteroatoms. The van der Waals surface area contributed by atoms with E-state index in [1.54, 1.807) is 18.2 Å². The Hall–Kier alpha value is -5.49. The Kier molecular flexibility index (Phi) is 12.8. The average molecular weight is 777 g/mol. The Morgan fingerprint density at radius 1 is 1.00 bits per heavy atom. The Labute approximate surface area is 333 Å². The predicted octanol–water partition coefficient (Wildman–Crippen LogP) is 6.18. The van der Waals surface area contributed by atoms with Crippen molar-refractivity contribution in [3.8, 4) is 11.9 Å². The van der Waals surface area contributed by atoms with Crippen molar-refractivity contribution in [1.82, 2.24) is 34.7 Å². The predicted molar refractivity (Wildman–Crippen MR) is 217 cm³/mol. The molecular formula is C43H53FN10O3. The number of rotatable bonds is 16. The lowest BCUT2D eigenvalue weighted by Crippen LogP contribution is -2.49. The van der Waals surface area contributed by atoms with E-state index < -0.39 is 17.0 Å². The number of nitrogens with one attached hydrogen (secondary N) is 2. The number of pyridine rings is 1. The summed E-state index contributed by atoms with van der Waals surface area (Å²) in [7, 11) is 0. The lowest BCUT2D eigenvalue weighted by atomic mass is 9.93. The molecule has 300 valence electrons. The van der Waals surface area contributed by atoms with Crippen molar-refractivity contribution in [3.63, 3.8) is 0 Å². The number of nitrogens with zero attached hydrogens (tertiary/aromatic N) is 7. The second kappa shape index (κ2) is 17.8. The number of benzene rings is 2.